The molecule has 1 atom stereocenters. The van der Waals surface area contributed by atoms with Gasteiger partial charge in [0.25, 0.3) is 0 Å². The molecule has 0 aliphatic heterocycles. The van der Waals surface area contributed by atoms with Crippen molar-refractivity contribution in [2.45, 2.75) is 26.4 Å². The van der Waals surface area contributed by atoms with Gasteiger partial charge in [-0.15, -0.1) is 0 Å². The minimum atomic E-state index is 0.129. The zero-order chi connectivity index (χ0) is 11.8. The molecule has 1 unspecified atom stereocenters. The lowest BCUT2D eigenvalue weighted by Gasteiger charge is -2.11. The summed E-state index contributed by atoms with van der Waals surface area (Å²) >= 11 is 0. The van der Waals surface area contributed by atoms with Gasteiger partial charge in [0.1, 0.15) is 0 Å². The van der Waals surface area contributed by atoms with Crippen molar-refractivity contribution in [1.82, 2.24) is 9.97 Å². The van der Waals surface area contributed by atoms with Crippen LogP contribution in [-0.2, 0) is 4.74 Å². The molecule has 0 fully saturated rings. The first-order valence-corrected chi connectivity index (χ1v) is 5.48. The molecule has 0 aromatic carbocycles. The minimum absolute atomic E-state index is 0.129. The largest absolute Gasteiger partial charge is 0.478 e. The number of methoxy groups -OCH3 is 1. The number of rotatable bonds is 7. The molecule has 5 heteroatoms. The molecule has 0 aliphatic rings. The number of aromatic nitrogens is 2. The van der Waals surface area contributed by atoms with Crippen molar-refractivity contribution in [3.63, 3.8) is 0 Å². The van der Waals surface area contributed by atoms with Gasteiger partial charge in [-0.05, 0) is 13.3 Å². The van der Waals surface area contributed by atoms with Crippen molar-refractivity contribution < 1.29 is 9.47 Å². The van der Waals surface area contributed by atoms with Crippen molar-refractivity contribution in [2.75, 3.05) is 25.6 Å². The summed E-state index contributed by atoms with van der Waals surface area (Å²) in [5.74, 6) is 1.17. The second-order valence-electron chi connectivity index (χ2n) is 3.49. The van der Waals surface area contributed by atoms with Crippen LogP contribution in [0.15, 0.2) is 12.3 Å². The Morgan fingerprint density at radius 3 is 3.00 bits per heavy atom. The lowest BCUT2D eigenvalue weighted by atomic mass is 10.4. The highest BCUT2D eigenvalue weighted by Gasteiger charge is 2.02. The van der Waals surface area contributed by atoms with E-state index in [0.29, 0.717) is 25.0 Å². The molecule has 0 aliphatic carbocycles. The minimum Gasteiger partial charge on any atom is -0.478 e. The molecule has 1 aromatic rings. The third-order valence-corrected chi connectivity index (χ3v) is 2.03. The molecular formula is C11H19N3O2. The molecule has 1 heterocycles. The highest BCUT2D eigenvalue weighted by molar-refractivity contribution is 5.27. The molecule has 5 nitrogen and oxygen atoms in total. The monoisotopic (exact) mass is 225 g/mol. The average molecular weight is 225 g/mol. The van der Waals surface area contributed by atoms with Crippen LogP contribution < -0.4 is 10.1 Å². The van der Waals surface area contributed by atoms with E-state index in [2.05, 4.69) is 22.2 Å². The van der Waals surface area contributed by atoms with Gasteiger partial charge in [-0.2, -0.15) is 4.98 Å². The molecule has 0 saturated carbocycles. The average Bonchev–Trinajstić information content (AvgIpc) is 2.34. The maximum atomic E-state index is 5.41. The van der Waals surface area contributed by atoms with E-state index in [1.165, 1.54) is 0 Å². The number of anilines is 1. The summed E-state index contributed by atoms with van der Waals surface area (Å²) in [5.41, 5.74) is 0. The highest BCUT2D eigenvalue weighted by Crippen LogP contribution is 2.08. The summed E-state index contributed by atoms with van der Waals surface area (Å²) in [4.78, 5) is 8.31. The van der Waals surface area contributed by atoms with Gasteiger partial charge in [0.05, 0.1) is 12.7 Å². The number of ether oxygens (including phenoxy) is 2. The van der Waals surface area contributed by atoms with Crippen LogP contribution in [0.2, 0.25) is 0 Å². The van der Waals surface area contributed by atoms with Gasteiger partial charge in [0, 0.05) is 25.9 Å². The van der Waals surface area contributed by atoms with Crippen LogP contribution in [-0.4, -0.2) is 36.3 Å². The van der Waals surface area contributed by atoms with Crippen molar-refractivity contribution in [2.24, 2.45) is 0 Å². The SMILES string of the molecule is CCCOc1ccnc(NCC(C)OC)n1. The summed E-state index contributed by atoms with van der Waals surface area (Å²) in [6.07, 6.45) is 2.77. The van der Waals surface area contributed by atoms with E-state index in [1.807, 2.05) is 6.92 Å². The van der Waals surface area contributed by atoms with Crippen molar-refractivity contribution in [3.05, 3.63) is 12.3 Å². The summed E-state index contributed by atoms with van der Waals surface area (Å²) in [5, 5.41) is 3.08. The van der Waals surface area contributed by atoms with Gasteiger partial charge < -0.3 is 14.8 Å². The van der Waals surface area contributed by atoms with E-state index in [4.69, 9.17) is 9.47 Å². The Hall–Kier alpha value is -1.36. The predicted octanol–water partition coefficient (Wildman–Crippen LogP) is 1.71. The zero-order valence-electron chi connectivity index (χ0n) is 10.1. The Balaban J connectivity index is 2.46. The van der Waals surface area contributed by atoms with E-state index in [-0.39, 0.29) is 6.10 Å². The molecular weight excluding hydrogens is 206 g/mol. The molecule has 0 bridgehead atoms. The maximum absolute atomic E-state index is 5.41. The molecule has 90 valence electrons. The smallest absolute Gasteiger partial charge is 0.226 e. The first-order chi connectivity index (χ1) is 7.76. The van der Waals surface area contributed by atoms with E-state index >= 15 is 0 Å². The summed E-state index contributed by atoms with van der Waals surface area (Å²) in [6.45, 7) is 5.38. The summed E-state index contributed by atoms with van der Waals surface area (Å²) < 4.78 is 10.5. The van der Waals surface area contributed by atoms with Crippen LogP contribution in [0.25, 0.3) is 0 Å². The number of nitrogens with one attached hydrogen (secondary N) is 1. The zero-order valence-corrected chi connectivity index (χ0v) is 10.1. The van der Waals surface area contributed by atoms with Crippen LogP contribution in [0.1, 0.15) is 20.3 Å². The number of hydrogen-bond acceptors (Lipinski definition) is 5. The van der Waals surface area contributed by atoms with Crippen molar-refractivity contribution in [3.8, 4) is 5.88 Å². The van der Waals surface area contributed by atoms with Crippen LogP contribution in [0.5, 0.6) is 5.88 Å². The molecule has 0 spiro atoms. The number of nitrogens with zero attached hydrogens (tertiary/aromatic N) is 2. The van der Waals surface area contributed by atoms with Gasteiger partial charge >= 0.3 is 0 Å². The highest BCUT2D eigenvalue weighted by atomic mass is 16.5. The van der Waals surface area contributed by atoms with Gasteiger partial charge in [-0.3, -0.25) is 0 Å². The topological polar surface area (TPSA) is 56.3 Å². The maximum Gasteiger partial charge on any atom is 0.226 e. The Kier molecular flexibility index (Phi) is 5.56. The molecule has 0 radical (unpaired) electrons. The third kappa shape index (κ3) is 4.44. The molecule has 1 rings (SSSR count). The Morgan fingerprint density at radius 1 is 1.50 bits per heavy atom. The predicted molar refractivity (Wildman–Crippen MR) is 62.8 cm³/mol. The van der Waals surface area contributed by atoms with Crippen LogP contribution in [0.4, 0.5) is 5.95 Å². The molecule has 0 saturated heterocycles. The van der Waals surface area contributed by atoms with Gasteiger partial charge in [0.15, 0.2) is 0 Å². The van der Waals surface area contributed by atoms with E-state index in [1.54, 1.807) is 19.4 Å². The van der Waals surface area contributed by atoms with Gasteiger partial charge in [-0.25, -0.2) is 4.98 Å². The van der Waals surface area contributed by atoms with Gasteiger partial charge in [0.2, 0.25) is 11.8 Å². The summed E-state index contributed by atoms with van der Waals surface area (Å²) in [7, 11) is 1.67. The lowest BCUT2D eigenvalue weighted by Crippen LogP contribution is -2.19. The molecule has 1 N–H and O–H groups in total. The van der Waals surface area contributed by atoms with Crippen LogP contribution in [0.3, 0.4) is 0 Å². The normalized spacial score (nSPS) is 12.2. The van der Waals surface area contributed by atoms with Crippen LogP contribution in [0, 0.1) is 0 Å². The fraction of sp³-hybridized carbons (Fsp3) is 0.636. The molecule has 0 amide bonds. The fourth-order valence-corrected chi connectivity index (χ4v) is 1.03. The molecule has 16 heavy (non-hydrogen) atoms. The standard InChI is InChI=1S/C11H19N3O2/c1-4-7-16-10-5-6-12-11(14-10)13-8-9(2)15-3/h5-6,9H,4,7-8H2,1-3H3,(H,12,13,14). The van der Waals surface area contributed by atoms with E-state index in [9.17, 15) is 0 Å². The Bertz CT molecular complexity index is 307. The van der Waals surface area contributed by atoms with E-state index in [0.717, 1.165) is 6.42 Å². The second kappa shape index (κ2) is 7.00. The molecule has 1 aromatic heterocycles. The van der Waals surface area contributed by atoms with E-state index < -0.39 is 0 Å². The first kappa shape index (κ1) is 12.7. The second-order valence-corrected chi connectivity index (χ2v) is 3.49. The van der Waals surface area contributed by atoms with Gasteiger partial charge in [-0.1, -0.05) is 6.92 Å². The fourth-order valence-electron chi connectivity index (χ4n) is 1.03. The number of hydrogen-bond donors (Lipinski definition) is 1. The Morgan fingerprint density at radius 2 is 2.31 bits per heavy atom. The Labute approximate surface area is 96.2 Å². The quantitative estimate of drug-likeness (QED) is 0.765. The van der Waals surface area contributed by atoms with Crippen molar-refractivity contribution >= 4 is 5.95 Å². The summed E-state index contributed by atoms with van der Waals surface area (Å²) in [6, 6.07) is 1.75. The lowest BCUT2D eigenvalue weighted by molar-refractivity contribution is 0.128. The van der Waals surface area contributed by atoms with Crippen LogP contribution >= 0.6 is 0 Å². The van der Waals surface area contributed by atoms with Crippen molar-refractivity contribution in [1.29, 1.82) is 0 Å². The third-order valence-electron chi connectivity index (χ3n) is 2.03. The first-order valence-electron chi connectivity index (χ1n) is 5.48.